The maximum Gasteiger partial charge on any atom is 0.418 e. The van der Waals surface area contributed by atoms with Crippen LogP contribution < -0.4 is 11.2 Å². The van der Waals surface area contributed by atoms with Crippen LogP contribution >= 0.6 is 23.2 Å². The first kappa shape index (κ1) is 15.6. The largest absolute Gasteiger partial charge is 0.418 e. The van der Waals surface area contributed by atoms with E-state index in [4.69, 9.17) is 23.2 Å². The first-order chi connectivity index (χ1) is 9.64. The summed E-state index contributed by atoms with van der Waals surface area (Å²) in [5.41, 5.74) is -5.30. The minimum atomic E-state index is -4.90. The van der Waals surface area contributed by atoms with Crippen LogP contribution in [-0.2, 0) is 6.18 Å². The maximum atomic E-state index is 13.5. The van der Waals surface area contributed by atoms with Crippen molar-refractivity contribution in [1.82, 2.24) is 9.55 Å². The summed E-state index contributed by atoms with van der Waals surface area (Å²) in [5, 5.41) is -1.44. The monoisotopic (exact) mass is 342 g/mol. The van der Waals surface area contributed by atoms with E-state index in [0.717, 1.165) is 12.1 Å². The van der Waals surface area contributed by atoms with Crippen LogP contribution in [0.4, 0.5) is 17.6 Å². The van der Waals surface area contributed by atoms with Crippen LogP contribution in [-0.4, -0.2) is 9.55 Å². The molecule has 0 fully saturated rings. The quantitative estimate of drug-likeness (QED) is 0.639. The molecule has 2 rings (SSSR count). The van der Waals surface area contributed by atoms with Crippen LogP contribution in [0.25, 0.3) is 5.69 Å². The summed E-state index contributed by atoms with van der Waals surface area (Å²) in [4.78, 5) is 25.1. The summed E-state index contributed by atoms with van der Waals surface area (Å²) in [6.07, 6.45) is -4.90. The number of aromatic nitrogens is 2. The average Bonchev–Trinajstić information content (AvgIpc) is 2.36. The topological polar surface area (TPSA) is 54.9 Å². The molecule has 0 saturated carbocycles. The number of hydrogen-bond donors (Lipinski definition) is 1. The molecule has 0 aliphatic carbocycles. The number of alkyl halides is 3. The van der Waals surface area contributed by atoms with E-state index < -0.39 is 44.7 Å². The van der Waals surface area contributed by atoms with Crippen LogP contribution in [0.1, 0.15) is 5.56 Å². The number of nitrogens with zero attached hydrogens (tertiary/aromatic N) is 1. The summed E-state index contributed by atoms with van der Waals surface area (Å²) in [7, 11) is 0. The zero-order chi connectivity index (χ0) is 15.9. The third-order valence-corrected chi connectivity index (χ3v) is 3.08. The molecule has 0 spiro atoms. The lowest BCUT2D eigenvalue weighted by molar-refractivity contribution is -0.137. The first-order valence-corrected chi connectivity index (χ1v) is 5.96. The van der Waals surface area contributed by atoms with Crippen molar-refractivity contribution in [3.8, 4) is 5.69 Å². The van der Waals surface area contributed by atoms with Crippen LogP contribution in [0.3, 0.4) is 0 Å². The highest BCUT2D eigenvalue weighted by atomic mass is 35.5. The summed E-state index contributed by atoms with van der Waals surface area (Å²) < 4.78 is 52.3. The first-order valence-electron chi connectivity index (χ1n) is 5.21. The lowest BCUT2D eigenvalue weighted by atomic mass is 10.1. The Morgan fingerprint density at radius 1 is 1.14 bits per heavy atom. The molecule has 0 radical (unpaired) electrons. The molecule has 10 heteroatoms. The van der Waals surface area contributed by atoms with E-state index in [1.807, 2.05) is 0 Å². The second kappa shape index (κ2) is 5.19. The van der Waals surface area contributed by atoms with Gasteiger partial charge in [-0.2, -0.15) is 17.6 Å². The predicted octanol–water partition coefficient (Wildman–Crippen LogP) is 2.99. The molecule has 1 N–H and O–H groups in total. The second-order valence-electron chi connectivity index (χ2n) is 3.83. The number of hydrogen-bond acceptors (Lipinski definition) is 2. The predicted molar refractivity (Wildman–Crippen MR) is 67.6 cm³/mol. The van der Waals surface area contributed by atoms with Crippen molar-refractivity contribution in [2.45, 2.75) is 6.18 Å². The van der Waals surface area contributed by atoms with Crippen molar-refractivity contribution < 1.29 is 17.6 Å². The molecule has 0 unspecified atom stereocenters. The van der Waals surface area contributed by atoms with Gasteiger partial charge < -0.3 is 0 Å². The van der Waals surface area contributed by atoms with E-state index in [0.29, 0.717) is 6.07 Å². The summed E-state index contributed by atoms with van der Waals surface area (Å²) in [6, 6.07) is 2.63. The smallest absolute Gasteiger partial charge is 0.295 e. The van der Waals surface area contributed by atoms with Gasteiger partial charge in [-0.3, -0.25) is 9.78 Å². The Morgan fingerprint density at radius 3 is 2.33 bits per heavy atom. The highest BCUT2D eigenvalue weighted by molar-refractivity contribution is 6.32. The molecule has 1 aromatic carbocycles. The zero-order valence-corrected chi connectivity index (χ0v) is 11.3. The van der Waals surface area contributed by atoms with Gasteiger partial charge in [0.1, 0.15) is 0 Å². The highest BCUT2D eigenvalue weighted by Crippen LogP contribution is 2.36. The molecule has 0 bridgehead atoms. The molecule has 0 amide bonds. The molecule has 21 heavy (non-hydrogen) atoms. The van der Waals surface area contributed by atoms with Crippen LogP contribution in [0.15, 0.2) is 27.8 Å². The second-order valence-corrected chi connectivity index (χ2v) is 4.62. The molecule has 1 aromatic heterocycles. The Labute approximate surface area is 123 Å². The Morgan fingerprint density at radius 2 is 1.76 bits per heavy atom. The van der Waals surface area contributed by atoms with Crippen LogP contribution in [0, 0.1) is 5.82 Å². The fraction of sp³-hybridized carbons (Fsp3) is 0.0909. The number of rotatable bonds is 1. The number of H-pyrrole nitrogens is 1. The van der Waals surface area contributed by atoms with Gasteiger partial charge >= 0.3 is 11.9 Å². The van der Waals surface area contributed by atoms with Gasteiger partial charge in [0, 0.05) is 0 Å². The van der Waals surface area contributed by atoms with Gasteiger partial charge in [-0.25, -0.2) is 9.36 Å². The number of aromatic amines is 1. The van der Waals surface area contributed by atoms with E-state index in [1.54, 1.807) is 4.98 Å². The summed E-state index contributed by atoms with van der Waals surface area (Å²) >= 11 is 10.9. The Balaban J connectivity index is 2.97. The van der Waals surface area contributed by atoms with Crippen molar-refractivity contribution in [2.24, 2.45) is 0 Å². The lowest BCUT2D eigenvalue weighted by Gasteiger charge is -2.15. The molecule has 1 heterocycles. The number of benzene rings is 1. The van der Waals surface area contributed by atoms with Crippen molar-refractivity contribution in [1.29, 1.82) is 0 Å². The highest BCUT2D eigenvalue weighted by Gasteiger charge is 2.36. The molecule has 0 aliphatic heterocycles. The van der Waals surface area contributed by atoms with E-state index >= 15 is 0 Å². The fourth-order valence-corrected chi connectivity index (χ4v) is 2.08. The minimum absolute atomic E-state index is 0.0492. The van der Waals surface area contributed by atoms with Gasteiger partial charge in [-0.05, 0) is 12.1 Å². The minimum Gasteiger partial charge on any atom is -0.295 e. The Hall–Kier alpha value is -1.80. The van der Waals surface area contributed by atoms with Gasteiger partial charge in [0.2, 0.25) is 5.82 Å². The van der Waals surface area contributed by atoms with Gasteiger partial charge in [0.15, 0.2) is 5.15 Å². The Bertz CT molecular complexity index is 826. The molecule has 0 aliphatic rings. The van der Waals surface area contributed by atoms with Gasteiger partial charge in [0.25, 0.3) is 5.56 Å². The number of halogens is 6. The normalized spacial score (nSPS) is 11.7. The fourth-order valence-electron chi connectivity index (χ4n) is 1.66. The van der Waals surface area contributed by atoms with Crippen molar-refractivity contribution in [2.75, 3.05) is 0 Å². The van der Waals surface area contributed by atoms with Gasteiger partial charge in [0.05, 0.1) is 16.3 Å². The van der Waals surface area contributed by atoms with E-state index in [1.165, 1.54) is 0 Å². The maximum absolute atomic E-state index is 13.5. The van der Waals surface area contributed by atoms with E-state index in [-0.39, 0.29) is 4.57 Å². The van der Waals surface area contributed by atoms with Crippen molar-refractivity contribution in [3.63, 3.8) is 0 Å². The lowest BCUT2D eigenvalue weighted by Crippen LogP contribution is -2.37. The molecular weight excluding hydrogens is 339 g/mol. The molecule has 0 saturated heterocycles. The average molecular weight is 343 g/mol. The van der Waals surface area contributed by atoms with E-state index in [2.05, 4.69) is 0 Å². The molecule has 4 nitrogen and oxygen atoms in total. The molecule has 112 valence electrons. The third-order valence-electron chi connectivity index (χ3n) is 2.52. The molecule has 0 atom stereocenters. The summed E-state index contributed by atoms with van der Waals surface area (Å²) in [5.74, 6) is -1.59. The molecule has 2 aromatic rings. The standard InChI is InChI=1S/C11H4Cl2F4N2O2/c12-5-3-1-2-4(11(15,16)17)7(5)19-9(20)6(14)8(13)18-10(19)21/h1-3H,(H,18,21). The summed E-state index contributed by atoms with van der Waals surface area (Å²) in [6.45, 7) is 0. The number of para-hydroxylation sites is 1. The van der Waals surface area contributed by atoms with Gasteiger partial charge in [-0.15, -0.1) is 0 Å². The van der Waals surface area contributed by atoms with Gasteiger partial charge in [-0.1, -0.05) is 29.3 Å². The van der Waals surface area contributed by atoms with Crippen LogP contribution in [0.2, 0.25) is 10.2 Å². The SMILES string of the molecule is O=c1[nH]c(Cl)c(F)c(=O)n1-c1c(Cl)cccc1C(F)(F)F. The third kappa shape index (κ3) is 2.68. The molecular formula is C11H4Cl2F4N2O2. The van der Waals surface area contributed by atoms with E-state index in [9.17, 15) is 27.2 Å². The Kier molecular flexibility index (Phi) is 3.85. The van der Waals surface area contributed by atoms with Crippen molar-refractivity contribution in [3.05, 3.63) is 60.6 Å². The van der Waals surface area contributed by atoms with Crippen molar-refractivity contribution >= 4 is 23.2 Å². The zero-order valence-electron chi connectivity index (χ0n) is 9.76. The number of nitrogens with one attached hydrogen (secondary N) is 1. The van der Waals surface area contributed by atoms with Crippen LogP contribution in [0.5, 0.6) is 0 Å².